The van der Waals surface area contributed by atoms with Gasteiger partial charge in [-0.15, -0.1) is 0 Å². The van der Waals surface area contributed by atoms with Crippen LogP contribution in [0, 0.1) is 5.92 Å². The molecule has 2 aliphatic heterocycles. The molecule has 2 aliphatic rings. The maximum atomic E-state index is 11.3. The van der Waals surface area contributed by atoms with Gasteiger partial charge in [-0.3, -0.25) is 9.59 Å². The van der Waals surface area contributed by atoms with E-state index in [4.69, 9.17) is 14.2 Å². The number of fused-ring (bicyclic) bond motifs is 2. The molecule has 0 radical (unpaired) electrons. The summed E-state index contributed by atoms with van der Waals surface area (Å²) in [6.45, 7) is 7.24. The smallest absolute Gasteiger partial charge is 0.302 e. The maximum absolute atomic E-state index is 11.3. The molecule has 19 heavy (non-hydrogen) atoms. The van der Waals surface area contributed by atoms with Crippen molar-refractivity contribution in [1.29, 1.82) is 0 Å². The first-order chi connectivity index (χ1) is 8.89. The molecule has 5 atom stereocenters. The number of hydrogen-bond donors (Lipinski definition) is 1. The van der Waals surface area contributed by atoms with Crippen LogP contribution in [0.15, 0.2) is 0 Å². The lowest BCUT2D eigenvalue weighted by molar-refractivity contribution is -0.212. The zero-order chi connectivity index (χ0) is 14.2. The van der Waals surface area contributed by atoms with Gasteiger partial charge < -0.3 is 19.5 Å². The second kappa shape index (κ2) is 5.09. The summed E-state index contributed by atoms with van der Waals surface area (Å²) in [6, 6.07) is -0.460. The number of esters is 1. The predicted molar refractivity (Wildman–Crippen MR) is 66.2 cm³/mol. The second-order valence-electron chi connectivity index (χ2n) is 5.30. The van der Waals surface area contributed by atoms with Gasteiger partial charge in [0.15, 0.2) is 6.29 Å². The average Bonchev–Trinajstić information content (AvgIpc) is 2.73. The first kappa shape index (κ1) is 14.3. The summed E-state index contributed by atoms with van der Waals surface area (Å²) < 4.78 is 17.0. The molecule has 0 aliphatic carbocycles. The lowest BCUT2D eigenvalue weighted by atomic mass is 9.79. The van der Waals surface area contributed by atoms with Crippen LogP contribution in [-0.4, -0.2) is 42.5 Å². The van der Waals surface area contributed by atoms with E-state index in [1.165, 1.54) is 13.8 Å². The maximum Gasteiger partial charge on any atom is 0.302 e. The standard InChI is InChI=1S/C13H21NO5/c1-5-13-6-17-12(19-13)10(14-8(3)15)11(7(13)2)18-9(4)16/h7,10-12H,5-6H2,1-4H3,(H,14,15)/t7-,10-,11+,12+,13+/m1/s1. The van der Waals surface area contributed by atoms with Crippen molar-refractivity contribution < 1.29 is 23.8 Å². The highest BCUT2D eigenvalue weighted by atomic mass is 16.7. The molecule has 0 aromatic carbocycles. The number of nitrogens with one attached hydrogen (secondary N) is 1. The molecule has 6 heteroatoms. The van der Waals surface area contributed by atoms with E-state index in [1.807, 2.05) is 13.8 Å². The molecule has 108 valence electrons. The normalized spacial score (nSPS) is 40.8. The molecule has 2 saturated heterocycles. The van der Waals surface area contributed by atoms with E-state index in [2.05, 4.69) is 5.32 Å². The fourth-order valence-electron chi connectivity index (χ4n) is 2.96. The van der Waals surface area contributed by atoms with Gasteiger partial charge in [-0.25, -0.2) is 0 Å². The van der Waals surface area contributed by atoms with Gasteiger partial charge >= 0.3 is 5.97 Å². The van der Waals surface area contributed by atoms with Crippen LogP contribution in [0.1, 0.15) is 34.1 Å². The van der Waals surface area contributed by atoms with Gasteiger partial charge in [0.05, 0.1) is 6.61 Å². The highest BCUT2D eigenvalue weighted by molar-refractivity contribution is 5.73. The molecule has 1 N–H and O–H groups in total. The minimum Gasteiger partial charge on any atom is -0.460 e. The van der Waals surface area contributed by atoms with Crippen LogP contribution < -0.4 is 5.32 Å². The van der Waals surface area contributed by atoms with Crippen LogP contribution >= 0.6 is 0 Å². The van der Waals surface area contributed by atoms with Crippen LogP contribution in [0.25, 0.3) is 0 Å². The van der Waals surface area contributed by atoms with Crippen LogP contribution in [0.3, 0.4) is 0 Å². The van der Waals surface area contributed by atoms with Crippen LogP contribution in [-0.2, 0) is 23.8 Å². The molecule has 0 spiro atoms. The summed E-state index contributed by atoms with van der Waals surface area (Å²) in [4.78, 5) is 22.6. The third-order valence-electron chi connectivity index (χ3n) is 4.08. The van der Waals surface area contributed by atoms with E-state index in [0.29, 0.717) is 6.61 Å². The molecule has 6 nitrogen and oxygen atoms in total. The molecular weight excluding hydrogens is 250 g/mol. The van der Waals surface area contributed by atoms with Gasteiger partial charge in [0.2, 0.25) is 5.91 Å². The van der Waals surface area contributed by atoms with Crippen molar-refractivity contribution >= 4 is 11.9 Å². The Morgan fingerprint density at radius 1 is 1.42 bits per heavy atom. The minimum absolute atomic E-state index is 0.0444. The Hall–Kier alpha value is -1.14. The topological polar surface area (TPSA) is 73.9 Å². The molecule has 0 unspecified atom stereocenters. The van der Waals surface area contributed by atoms with Gasteiger partial charge in [0.1, 0.15) is 17.7 Å². The van der Waals surface area contributed by atoms with Crippen LogP contribution in [0.4, 0.5) is 0 Å². The SMILES string of the molecule is CC[C@@]12CO[C@@H](O1)[C@H](NC(C)=O)[C@@H](OC(C)=O)[C@H]2C. The average molecular weight is 271 g/mol. The third-order valence-corrected chi connectivity index (χ3v) is 4.08. The highest BCUT2D eigenvalue weighted by Crippen LogP contribution is 2.43. The van der Waals surface area contributed by atoms with E-state index in [0.717, 1.165) is 6.42 Å². The summed E-state index contributed by atoms with van der Waals surface area (Å²) in [6.07, 6.45) is -0.207. The van der Waals surface area contributed by atoms with Crippen molar-refractivity contribution in [3.05, 3.63) is 0 Å². The van der Waals surface area contributed by atoms with Crippen molar-refractivity contribution in [3.8, 4) is 0 Å². The van der Waals surface area contributed by atoms with Gasteiger partial charge in [-0.2, -0.15) is 0 Å². The van der Waals surface area contributed by atoms with Crippen molar-refractivity contribution in [2.45, 2.75) is 58.2 Å². The van der Waals surface area contributed by atoms with Gasteiger partial charge in [-0.1, -0.05) is 13.8 Å². The van der Waals surface area contributed by atoms with Crippen LogP contribution in [0.5, 0.6) is 0 Å². The summed E-state index contributed by atoms with van der Waals surface area (Å²) >= 11 is 0. The zero-order valence-electron chi connectivity index (χ0n) is 11.8. The van der Waals surface area contributed by atoms with Crippen molar-refractivity contribution in [1.82, 2.24) is 5.32 Å². The van der Waals surface area contributed by atoms with Crippen molar-refractivity contribution in [3.63, 3.8) is 0 Å². The molecule has 0 aromatic heterocycles. The third kappa shape index (κ3) is 2.47. The number of carbonyl (C=O) groups is 2. The van der Waals surface area contributed by atoms with Gasteiger partial charge in [0.25, 0.3) is 0 Å². The summed E-state index contributed by atoms with van der Waals surface area (Å²) in [5.41, 5.74) is -0.431. The van der Waals surface area contributed by atoms with Crippen molar-refractivity contribution in [2.24, 2.45) is 5.92 Å². The Kier molecular flexibility index (Phi) is 3.82. The quantitative estimate of drug-likeness (QED) is 0.761. The Labute approximate surface area is 112 Å². The summed E-state index contributed by atoms with van der Waals surface area (Å²) in [5.74, 6) is -0.603. The fourth-order valence-corrected chi connectivity index (χ4v) is 2.96. The van der Waals surface area contributed by atoms with E-state index < -0.39 is 24.0 Å². The molecule has 0 aromatic rings. The number of amides is 1. The van der Waals surface area contributed by atoms with E-state index in [-0.39, 0.29) is 17.8 Å². The fraction of sp³-hybridized carbons (Fsp3) is 0.846. The molecule has 2 bridgehead atoms. The molecule has 1 amide bonds. The van der Waals surface area contributed by atoms with E-state index in [9.17, 15) is 9.59 Å². The number of ether oxygens (including phenoxy) is 3. The number of rotatable bonds is 3. The second-order valence-corrected chi connectivity index (χ2v) is 5.30. The number of hydrogen-bond acceptors (Lipinski definition) is 5. The highest BCUT2D eigenvalue weighted by Gasteiger charge is 2.58. The first-order valence-electron chi connectivity index (χ1n) is 6.63. The van der Waals surface area contributed by atoms with Gasteiger partial charge in [0, 0.05) is 19.8 Å². The largest absolute Gasteiger partial charge is 0.460 e. The van der Waals surface area contributed by atoms with E-state index >= 15 is 0 Å². The first-order valence-corrected chi connectivity index (χ1v) is 6.63. The van der Waals surface area contributed by atoms with Gasteiger partial charge in [-0.05, 0) is 6.42 Å². The predicted octanol–water partition coefficient (Wildman–Crippen LogP) is 0.594. The molecule has 2 heterocycles. The molecule has 2 fully saturated rings. The Balaban J connectivity index is 2.27. The Bertz CT molecular complexity index is 385. The van der Waals surface area contributed by atoms with E-state index in [1.54, 1.807) is 0 Å². The molecular formula is C13H21NO5. The minimum atomic E-state index is -0.551. The monoisotopic (exact) mass is 271 g/mol. The molecule has 2 rings (SSSR count). The number of carbonyl (C=O) groups excluding carboxylic acids is 2. The zero-order valence-corrected chi connectivity index (χ0v) is 11.8. The van der Waals surface area contributed by atoms with Crippen LogP contribution in [0.2, 0.25) is 0 Å². The molecule has 0 saturated carbocycles. The Morgan fingerprint density at radius 3 is 2.63 bits per heavy atom. The lowest BCUT2D eigenvalue weighted by Gasteiger charge is -2.45. The summed E-state index contributed by atoms with van der Waals surface area (Å²) in [7, 11) is 0. The van der Waals surface area contributed by atoms with Crippen molar-refractivity contribution in [2.75, 3.05) is 6.61 Å². The Morgan fingerprint density at radius 2 is 2.11 bits per heavy atom. The summed E-state index contributed by atoms with van der Waals surface area (Å²) in [5, 5.41) is 2.77. The lowest BCUT2D eigenvalue weighted by Crippen LogP contribution is -2.62.